The third-order valence-corrected chi connectivity index (χ3v) is 8.23. The molecule has 0 radical (unpaired) electrons. The van der Waals surface area contributed by atoms with Crippen molar-refractivity contribution in [2.24, 2.45) is 0 Å². The number of fused-ring (bicyclic) bond motifs is 1. The zero-order valence-electron chi connectivity index (χ0n) is 20.4. The van der Waals surface area contributed by atoms with Crippen LogP contribution in [0.15, 0.2) is 78.0 Å². The molecule has 2 aromatic heterocycles. The quantitative estimate of drug-likeness (QED) is 0.384. The fourth-order valence-corrected chi connectivity index (χ4v) is 6.13. The molecule has 10 heteroatoms. The lowest BCUT2D eigenvalue weighted by Crippen LogP contribution is -2.48. The Morgan fingerprint density at radius 1 is 1.08 bits per heavy atom. The molecule has 1 atom stereocenters. The summed E-state index contributed by atoms with van der Waals surface area (Å²) in [6.45, 7) is 6.14. The minimum atomic E-state index is -3.97. The number of nitrogens with one attached hydrogen (secondary N) is 1. The number of aliphatic hydroxyl groups is 1. The van der Waals surface area contributed by atoms with Gasteiger partial charge in [0.15, 0.2) is 0 Å². The molecule has 0 aliphatic carbocycles. The number of nitriles is 1. The second-order valence-corrected chi connectivity index (χ2v) is 10.9. The first kappa shape index (κ1) is 24.8. The maximum Gasteiger partial charge on any atom is 0.269 e. The topological polar surface area (TPSA) is 114 Å². The first-order valence-corrected chi connectivity index (χ1v) is 13.5. The largest absolute Gasteiger partial charge is 0.392 e. The van der Waals surface area contributed by atoms with Gasteiger partial charge in [0.05, 0.1) is 17.2 Å². The summed E-state index contributed by atoms with van der Waals surface area (Å²) in [5.74, 6) is 0.510. The van der Waals surface area contributed by atoms with Crippen molar-refractivity contribution in [3.63, 3.8) is 0 Å². The summed E-state index contributed by atoms with van der Waals surface area (Å²) in [5.41, 5.74) is 2.53. The normalized spacial score (nSPS) is 15.4. The average Bonchev–Trinajstić information content (AvgIpc) is 3.33. The van der Waals surface area contributed by atoms with Crippen LogP contribution in [0, 0.1) is 11.3 Å². The summed E-state index contributed by atoms with van der Waals surface area (Å²) in [6, 6.07) is 19.6. The molecule has 4 aromatic rings. The molecule has 1 aliphatic rings. The molecule has 1 unspecified atom stereocenters. The molecule has 1 fully saturated rings. The Bertz CT molecular complexity index is 1550. The third kappa shape index (κ3) is 5.15. The van der Waals surface area contributed by atoms with Gasteiger partial charge in [-0.1, -0.05) is 12.1 Å². The maximum atomic E-state index is 13.4. The van der Waals surface area contributed by atoms with Crippen LogP contribution in [-0.4, -0.2) is 66.2 Å². The van der Waals surface area contributed by atoms with Crippen LogP contribution in [0.4, 0.5) is 17.2 Å². The van der Waals surface area contributed by atoms with Gasteiger partial charge in [0, 0.05) is 67.9 Å². The Balaban J connectivity index is 1.34. The van der Waals surface area contributed by atoms with Gasteiger partial charge < -0.3 is 15.3 Å². The molecule has 2 aromatic carbocycles. The number of nitrogens with zero attached hydrogens (tertiary/aromatic N) is 5. The number of aromatic nitrogens is 2. The first-order chi connectivity index (χ1) is 17.8. The number of anilines is 3. The van der Waals surface area contributed by atoms with E-state index >= 15 is 0 Å². The lowest BCUT2D eigenvalue weighted by molar-refractivity contribution is 0.123. The van der Waals surface area contributed by atoms with Crippen molar-refractivity contribution in [2.45, 2.75) is 17.9 Å². The predicted molar refractivity (Wildman–Crippen MR) is 144 cm³/mol. The Morgan fingerprint density at radius 3 is 2.51 bits per heavy atom. The molecule has 3 heterocycles. The van der Waals surface area contributed by atoms with Crippen LogP contribution in [0.25, 0.3) is 10.9 Å². The molecule has 1 saturated heterocycles. The smallest absolute Gasteiger partial charge is 0.269 e. The predicted octanol–water partition coefficient (Wildman–Crippen LogP) is 3.39. The Labute approximate surface area is 216 Å². The van der Waals surface area contributed by atoms with Crippen LogP contribution >= 0.6 is 0 Å². The second-order valence-electron chi connectivity index (χ2n) is 9.16. The molecule has 0 saturated carbocycles. The van der Waals surface area contributed by atoms with E-state index in [9.17, 15) is 18.8 Å². The van der Waals surface area contributed by atoms with E-state index in [1.54, 1.807) is 30.5 Å². The van der Waals surface area contributed by atoms with Crippen molar-refractivity contribution in [3.8, 4) is 6.07 Å². The van der Waals surface area contributed by atoms with Crippen molar-refractivity contribution < 1.29 is 13.5 Å². The highest BCUT2D eigenvalue weighted by atomic mass is 32.2. The van der Waals surface area contributed by atoms with Gasteiger partial charge in [-0.3, -0.25) is 4.90 Å². The molecule has 0 bridgehead atoms. The number of hydrogen-bond acceptors (Lipinski definition) is 8. The van der Waals surface area contributed by atoms with E-state index in [4.69, 9.17) is 0 Å². The van der Waals surface area contributed by atoms with Crippen molar-refractivity contribution in [3.05, 3.63) is 78.6 Å². The third-order valence-electron chi connectivity index (χ3n) is 6.48. The van der Waals surface area contributed by atoms with Crippen molar-refractivity contribution >= 4 is 38.1 Å². The number of rotatable bonds is 7. The van der Waals surface area contributed by atoms with Gasteiger partial charge >= 0.3 is 0 Å². The second kappa shape index (κ2) is 10.2. The molecule has 0 spiro atoms. The van der Waals surface area contributed by atoms with Gasteiger partial charge in [0.2, 0.25) is 0 Å². The van der Waals surface area contributed by atoms with E-state index in [2.05, 4.69) is 32.2 Å². The highest BCUT2D eigenvalue weighted by molar-refractivity contribution is 7.90. The Morgan fingerprint density at radius 2 is 1.81 bits per heavy atom. The Kier molecular flexibility index (Phi) is 6.84. The van der Waals surface area contributed by atoms with E-state index in [0.29, 0.717) is 23.3 Å². The number of piperazine rings is 1. The molecule has 0 amide bonds. The highest BCUT2D eigenvalue weighted by Crippen LogP contribution is 2.27. The van der Waals surface area contributed by atoms with Gasteiger partial charge in [-0.25, -0.2) is 17.4 Å². The van der Waals surface area contributed by atoms with Crippen LogP contribution in [0.5, 0.6) is 0 Å². The molecule has 1 aliphatic heterocycles. The van der Waals surface area contributed by atoms with Gasteiger partial charge in [-0.05, 0) is 49.4 Å². The number of hydrogen-bond donors (Lipinski definition) is 2. The molecular formula is C27H28N6O3S. The van der Waals surface area contributed by atoms with Crippen LogP contribution in [-0.2, 0) is 10.0 Å². The van der Waals surface area contributed by atoms with Crippen molar-refractivity contribution in [2.75, 3.05) is 42.9 Å². The minimum absolute atomic E-state index is 0.0383. The van der Waals surface area contributed by atoms with E-state index < -0.39 is 10.0 Å². The van der Waals surface area contributed by atoms with Gasteiger partial charge in [-0.15, -0.1) is 0 Å². The standard InChI is InChI=1S/C27H28N6O3S/c1-20(34)19-31-12-14-32(15-13-31)24-8-6-23(7-9-24)30-27-16-25-22(18-29-27)10-11-33(25)37(35,36)26-5-3-2-4-21(26)17-28/h2-11,16,18,20,34H,12-15,19H2,1H3,(H,29,30). The lowest BCUT2D eigenvalue weighted by atomic mass is 10.2. The summed E-state index contributed by atoms with van der Waals surface area (Å²) in [7, 11) is -3.97. The fourth-order valence-electron chi connectivity index (χ4n) is 4.64. The summed E-state index contributed by atoms with van der Waals surface area (Å²) < 4.78 is 27.9. The zero-order valence-corrected chi connectivity index (χ0v) is 21.3. The van der Waals surface area contributed by atoms with Crippen LogP contribution in [0.2, 0.25) is 0 Å². The summed E-state index contributed by atoms with van der Waals surface area (Å²) >= 11 is 0. The van der Waals surface area contributed by atoms with Crippen molar-refractivity contribution in [1.29, 1.82) is 5.26 Å². The molecule has 37 heavy (non-hydrogen) atoms. The first-order valence-electron chi connectivity index (χ1n) is 12.1. The average molecular weight is 517 g/mol. The Hall–Kier alpha value is -3.91. The fraction of sp³-hybridized carbons (Fsp3) is 0.259. The van der Waals surface area contributed by atoms with Gasteiger partial charge in [0.25, 0.3) is 10.0 Å². The number of aliphatic hydroxyl groups excluding tert-OH is 1. The minimum Gasteiger partial charge on any atom is -0.392 e. The van der Waals surface area contributed by atoms with E-state index in [0.717, 1.165) is 37.6 Å². The van der Waals surface area contributed by atoms with Gasteiger partial charge in [0.1, 0.15) is 16.8 Å². The SMILES string of the molecule is CC(O)CN1CCN(c2ccc(Nc3cc4c(ccn4S(=O)(=O)c4ccccc4C#N)cn3)cc2)CC1. The molecule has 190 valence electrons. The number of benzene rings is 2. The summed E-state index contributed by atoms with van der Waals surface area (Å²) in [5, 5.41) is 22.9. The monoisotopic (exact) mass is 516 g/mol. The highest BCUT2D eigenvalue weighted by Gasteiger charge is 2.23. The van der Waals surface area contributed by atoms with E-state index in [-0.39, 0.29) is 16.6 Å². The summed E-state index contributed by atoms with van der Waals surface area (Å²) in [6.07, 6.45) is 2.79. The van der Waals surface area contributed by atoms with E-state index in [1.807, 2.05) is 25.1 Å². The zero-order chi connectivity index (χ0) is 26.0. The van der Waals surface area contributed by atoms with Crippen LogP contribution < -0.4 is 10.2 Å². The summed E-state index contributed by atoms with van der Waals surface area (Å²) in [4.78, 5) is 9.00. The van der Waals surface area contributed by atoms with E-state index in [1.165, 1.54) is 22.3 Å². The molecule has 5 rings (SSSR count). The van der Waals surface area contributed by atoms with Crippen molar-refractivity contribution in [1.82, 2.24) is 13.9 Å². The van der Waals surface area contributed by atoms with Gasteiger partial charge in [-0.2, -0.15) is 5.26 Å². The van der Waals surface area contributed by atoms with Crippen LogP contribution in [0.1, 0.15) is 12.5 Å². The molecular weight excluding hydrogens is 488 g/mol. The molecule has 2 N–H and O–H groups in total. The maximum absolute atomic E-state index is 13.4. The number of pyridine rings is 1. The lowest BCUT2D eigenvalue weighted by Gasteiger charge is -2.36. The van der Waals surface area contributed by atoms with Crippen LogP contribution in [0.3, 0.4) is 0 Å². The number of β-amino-alcohol motifs (C(OH)–C–C–N with tert-alkyl or cyclic N) is 1. The molecule has 9 nitrogen and oxygen atoms in total.